The van der Waals surface area contributed by atoms with Crippen molar-refractivity contribution in [3.05, 3.63) is 36.5 Å². The molecule has 6 nitrogen and oxygen atoms in total. The second kappa shape index (κ2) is 46.2. The molecule has 0 saturated heterocycles. The van der Waals surface area contributed by atoms with Crippen molar-refractivity contribution in [1.29, 1.82) is 0 Å². The summed E-state index contributed by atoms with van der Waals surface area (Å²) in [7, 11) is 0. The third-order valence-corrected chi connectivity index (χ3v) is 11.5. The number of carbonyl (C=O) groups is 2. The zero-order valence-electron chi connectivity index (χ0n) is 38.7. The number of unbranched alkanes of at least 4 members (excludes halogenated alkanes) is 29. The summed E-state index contributed by atoms with van der Waals surface area (Å²) in [5, 5.41) is 23.7. The number of aliphatic hydroxyl groups is 2. The molecule has 0 aromatic heterocycles. The first-order chi connectivity index (χ1) is 28.5. The fourth-order valence-electron chi connectivity index (χ4n) is 7.67. The Morgan fingerprint density at radius 1 is 0.500 bits per heavy atom. The van der Waals surface area contributed by atoms with Crippen LogP contribution in [0.25, 0.3) is 0 Å². The smallest absolute Gasteiger partial charge is 0.306 e. The highest BCUT2D eigenvalue weighted by atomic mass is 16.5. The minimum Gasteiger partial charge on any atom is -0.462 e. The number of hydrogen-bond acceptors (Lipinski definition) is 5. The molecule has 0 aromatic carbocycles. The van der Waals surface area contributed by atoms with Crippen LogP contribution in [0.15, 0.2) is 36.5 Å². The Morgan fingerprint density at radius 3 is 1.31 bits per heavy atom. The second-order valence-electron chi connectivity index (χ2n) is 17.3. The van der Waals surface area contributed by atoms with Gasteiger partial charge < -0.3 is 20.3 Å². The minimum absolute atomic E-state index is 0.0725. The number of amides is 1. The Kier molecular flexibility index (Phi) is 44.6. The molecule has 3 atom stereocenters. The van der Waals surface area contributed by atoms with E-state index in [4.69, 9.17) is 4.74 Å². The third kappa shape index (κ3) is 40.8. The van der Waals surface area contributed by atoms with Gasteiger partial charge in [0, 0.05) is 6.42 Å². The molecule has 0 bridgehead atoms. The molecule has 0 aliphatic heterocycles. The highest BCUT2D eigenvalue weighted by Gasteiger charge is 2.24. The van der Waals surface area contributed by atoms with Crippen LogP contribution < -0.4 is 5.32 Å². The molecule has 3 unspecified atom stereocenters. The Bertz CT molecular complexity index is 961. The topological polar surface area (TPSA) is 95.9 Å². The van der Waals surface area contributed by atoms with Crippen LogP contribution in [-0.4, -0.2) is 46.9 Å². The van der Waals surface area contributed by atoms with Crippen molar-refractivity contribution in [2.45, 2.75) is 277 Å². The van der Waals surface area contributed by atoms with Crippen molar-refractivity contribution in [2.75, 3.05) is 6.61 Å². The lowest BCUT2D eigenvalue weighted by atomic mass is 10.0. The van der Waals surface area contributed by atoms with Gasteiger partial charge in [0.05, 0.1) is 25.2 Å². The summed E-state index contributed by atoms with van der Waals surface area (Å²) in [6, 6.07) is -0.701. The van der Waals surface area contributed by atoms with E-state index in [1.165, 1.54) is 141 Å². The van der Waals surface area contributed by atoms with Crippen LogP contribution in [0.2, 0.25) is 0 Å². The molecule has 0 aliphatic carbocycles. The maximum atomic E-state index is 13.2. The monoisotopic (exact) mass is 816 g/mol. The van der Waals surface area contributed by atoms with Gasteiger partial charge in [0.1, 0.15) is 6.10 Å². The van der Waals surface area contributed by atoms with Crippen molar-refractivity contribution < 1.29 is 24.5 Å². The average molecular weight is 816 g/mol. The number of rotatable bonds is 45. The van der Waals surface area contributed by atoms with Crippen LogP contribution in [0.3, 0.4) is 0 Å². The first-order valence-corrected chi connectivity index (χ1v) is 25.2. The number of esters is 1. The number of ether oxygens (including phenoxy) is 1. The Labute approximate surface area is 360 Å². The third-order valence-electron chi connectivity index (χ3n) is 11.5. The van der Waals surface area contributed by atoms with E-state index < -0.39 is 18.2 Å². The number of nitrogens with one attached hydrogen (secondary N) is 1. The van der Waals surface area contributed by atoms with E-state index in [1.807, 2.05) is 0 Å². The molecule has 0 aliphatic rings. The van der Waals surface area contributed by atoms with Crippen LogP contribution in [-0.2, 0) is 14.3 Å². The Hall–Kier alpha value is -1.92. The maximum absolute atomic E-state index is 13.2. The van der Waals surface area contributed by atoms with Gasteiger partial charge in [-0.15, -0.1) is 0 Å². The van der Waals surface area contributed by atoms with Crippen LogP contribution in [0.4, 0.5) is 0 Å². The summed E-state index contributed by atoms with van der Waals surface area (Å²) in [5.41, 5.74) is 0. The largest absolute Gasteiger partial charge is 0.462 e. The highest BCUT2D eigenvalue weighted by molar-refractivity contribution is 5.77. The molecular formula is C52H97NO5. The number of aliphatic hydroxyl groups excluding tert-OH is 2. The lowest BCUT2D eigenvalue weighted by Gasteiger charge is -2.24. The van der Waals surface area contributed by atoms with Crippen LogP contribution in [0, 0.1) is 0 Å². The van der Waals surface area contributed by atoms with Gasteiger partial charge in [0.25, 0.3) is 0 Å². The highest BCUT2D eigenvalue weighted by Crippen LogP contribution is 2.18. The molecule has 340 valence electrons. The van der Waals surface area contributed by atoms with Gasteiger partial charge in [0.15, 0.2) is 0 Å². The number of hydrogen-bond donors (Lipinski definition) is 3. The lowest BCUT2D eigenvalue weighted by molar-refractivity contribution is -0.151. The molecule has 58 heavy (non-hydrogen) atoms. The number of carbonyl (C=O) groups excluding carboxylic acids is 2. The first kappa shape index (κ1) is 56.1. The standard InChI is InChI=1S/C52H97NO5/c1-4-7-10-13-16-19-22-23-24-25-26-27-28-30-33-36-39-42-45-52(57)58-48(43-40-37-34-31-29-20-17-14-11-8-5-2)46-51(56)53-49(47-54)50(55)44-41-38-35-32-21-18-15-12-9-6-3/h22-27,48-50,54-55H,4-21,28-47H2,1-3H3,(H,53,56)/b23-22+,25-24+,27-26+. The summed E-state index contributed by atoms with van der Waals surface area (Å²) in [4.78, 5) is 26.1. The number of allylic oxidation sites excluding steroid dienone is 6. The zero-order chi connectivity index (χ0) is 42.4. The fourth-order valence-corrected chi connectivity index (χ4v) is 7.67. The van der Waals surface area contributed by atoms with E-state index >= 15 is 0 Å². The fraction of sp³-hybridized carbons (Fsp3) is 0.846. The van der Waals surface area contributed by atoms with Gasteiger partial charge in [-0.3, -0.25) is 9.59 Å². The molecule has 0 rings (SSSR count). The predicted octanol–water partition coefficient (Wildman–Crippen LogP) is 14.9. The van der Waals surface area contributed by atoms with Gasteiger partial charge >= 0.3 is 5.97 Å². The minimum atomic E-state index is -0.787. The molecular weight excluding hydrogens is 719 g/mol. The average Bonchev–Trinajstić information content (AvgIpc) is 3.22. The quantitative estimate of drug-likeness (QED) is 0.0323. The van der Waals surface area contributed by atoms with Crippen LogP contribution >= 0.6 is 0 Å². The van der Waals surface area contributed by atoms with E-state index in [0.717, 1.165) is 70.6 Å². The van der Waals surface area contributed by atoms with E-state index in [0.29, 0.717) is 19.3 Å². The lowest BCUT2D eigenvalue weighted by Crippen LogP contribution is -2.46. The molecule has 1 amide bonds. The Balaban J connectivity index is 4.55. The summed E-state index contributed by atoms with van der Waals surface area (Å²) < 4.78 is 5.92. The van der Waals surface area contributed by atoms with Gasteiger partial charge in [-0.2, -0.15) is 0 Å². The first-order valence-electron chi connectivity index (χ1n) is 25.2. The van der Waals surface area contributed by atoms with Crippen molar-refractivity contribution in [2.24, 2.45) is 0 Å². The van der Waals surface area contributed by atoms with Gasteiger partial charge in [-0.25, -0.2) is 0 Å². The van der Waals surface area contributed by atoms with Crippen molar-refractivity contribution in [3.8, 4) is 0 Å². The normalized spacial score (nSPS) is 13.5. The van der Waals surface area contributed by atoms with E-state index in [1.54, 1.807) is 0 Å². The van der Waals surface area contributed by atoms with Crippen LogP contribution in [0.1, 0.15) is 258 Å². The van der Waals surface area contributed by atoms with Gasteiger partial charge in [-0.05, 0) is 51.4 Å². The van der Waals surface area contributed by atoms with Gasteiger partial charge in [-0.1, -0.05) is 231 Å². The summed E-state index contributed by atoms with van der Waals surface area (Å²) in [6.45, 7) is 6.45. The van der Waals surface area contributed by atoms with E-state index in [2.05, 4.69) is 62.5 Å². The predicted molar refractivity (Wildman–Crippen MR) is 250 cm³/mol. The van der Waals surface area contributed by atoms with Crippen molar-refractivity contribution in [1.82, 2.24) is 5.32 Å². The second-order valence-corrected chi connectivity index (χ2v) is 17.3. The van der Waals surface area contributed by atoms with Crippen LogP contribution in [0.5, 0.6) is 0 Å². The van der Waals surface area contributed by atoms with Crippen molar-refractivity contribution in [3.63, 3.8) is 0 Å². The molecule has 0 fully saturated rings. The summed E-state index contributed by atoms with van der Waals surface area (Å²) in [5.74, 6) is -0.489. The summed E-state index contributed by atoms with van der Waals surface area (Å²) in [6.07, 6.45) is 53.4. The van der Waals surface area contributed by atoms with Gasteiger partial charge in [0.2, 0.25) is 5.91 Å². The molecule has 3 N–H and O–H groups in total. The zero-order valence-corrected chi connectivity index (χ0v) is 38.7. The molecule has 6 heteroatoms. The molecule has 0 heterocycles. The Morgan fingerprint density at radius 2 is 0.879 bits per heavy atom. The molecule has 0 radical (unpaired) electrons. The van der Waals surface area contributed by atoms with Crippen molar-refractivity contribution >= 4 is 11.9 Å². The maximum Gasteiger partial charge on any atom is 0.306 e. The molecule has 0 aromatic rings. The SMILES string of the molecule is CCCCCCC/C=C/C=C/C=C/CCCCCCCC(=O)OC(CCCCCCCCCCCCC)CC(=O)NC(CO)C(O)CCCCCCCCCCCC. The van der Waals surface area contributed by atoms with E-state index in [-0.39, 0.29) is 24.9 Å². The summed E-state index contributed by atoms with van der Waals surface area (Å²) >= 11 is 0. The molecule has 0 saturated carbocycles. The molecule has 0 spiro atoms. The van der Waals surface area contributed by atoms with E-state index in [9.17, 15) is 19.8 Å².